The number of benzene rings is 1. The number of anilines is 1. The Bertz CT molecular complexity index is 494. The molecule has 0 spiro atoms. The number of nitrogens with two attached hydrogens (primary N) is 1. The van der Waals surface area contributed by atoms with Crippen molar-refractivity contribution in [3.8, 4) is 0 Å². The van der Waals surface area contributed by atoms with E-state index in [9.17, 15) is 0 Å². The molecule has 3 heteroatoms. The molecule has 0 saturated carbocycles. The number of nitrogens with one attached hydrogen (secondary N) is 1. The van der Waals surface area contributed by atoms with Crippen LogP contribution in [0.3, 0.4) is 0 Å². The average molecular weight is 227 g/mol. The Kier molecular flexibility index (Phi) is 3.73. The van der Waals surface area contributed by atoms with Crippen LogP contribution >= 0.6 is 0 Å². The summed E-state index contributed by atoms with van der Waals surface area (Å²) in [6.07, 6.45) is 1.78. The average Bonchev–Trinajstić information content (AvgIpc) is 2.37. The van der Waals surface area contributed by atoms with Gasteiger partial charge >= 0.3 is 0 Å². The van der Waals surface area contributed by atoms with Crippen LogP contribution in [-0.2, 0) is 13.1 Å². The van der Waals surface area contributed by atoms with Crippen molar-refractivity contribution < 1.29 is 0 Å². The second kappa shape index (κ2) is 5.46. The molecule has 0 fully saturated rings. The van der Waals surface area contributed by atoms with Gasteiger partial charge in [-0.15, -0.1) is 0 Å². The van der Waals surface area contributed by atoms with Crippen LogP contribution < -0.4 is 11.1 Å². The minimum atomic E-state index is 0.478. The van der Waals surface area contributed by atoms with E-state index in [1.165, 1.54) is 5.56 Å². The van der Waals surface area contributed by atoms with Crippen LogP contribution in [0.4, 0.5) is 5.69 Å². The van der Waals surface area contributed by atoms with E-state index in [4.69, 9.17) is 5.73 Å². The second-order valence-electron chi connectivity index (χ2n) is 4.04. The summed E-state index contributed by atoms with van der Waals surface area (Å²) in [4.78, 5) is 4.26. The van der Waals surface area contributed by atoms with E-state index in [0.29, 0.717) is 6.54 Å². The predicted octanol–water partition coefficient (Wildman–Crippen LogP) is 2.46. The van der Waals surface area contributed by atoms with E-state index < -0.39 is 0 Å². The van der Waals surface area contributed by atoms with Gasteiger partial charge in [0.05, 0.1) is 5.69 Å². The summed E-state index contributed by atoms with van der Waals surface area (Å²) in [6.45, 7) is 3.32. The minimum absolute atomic E-state index is 0.478. The lowest BCUT2D eigenvalue weighted by atomic mass is 10.1. The molecule has 2 aromatic rings. The first-order chi connectivity index (χ1) is 8.29. The molecular weight excluding hydrogens is 210 g/mol. The molecule has 2 rings (SSSR count). The SMILES string of the molecule is Cc1cccc(NCc2cccnc2CN)c1. The third-order valence-corrected chi connectivity index (χ3v) is 2.68. The molecule has 3 nitrogen and oxygen atoms in total. The summed E-state index contributed by atoms with van der Waals surface area (Å²) in [5.41, 5.74) is 10.1. The van der Waals surface area contributed by atoms with E-state index in [-0.39, 0.29) is 0 Å². The number of rotatable bonds is 4. The van der Waals surface area contributed by atoms with Gasteiger partial charge in [0.25, 0.3) is 0 Å². The molecule has 0 aliphatic heterocycles. The molecule has 0 bridgehead atoms. The van der Waals surface area contributed by atoms with Crippen molar-refractivity contribution in [3.05, 3.63) is 59.4 Å². The monoisotopic (exact) mass is 227 g/mol. The van der Waals surface area contributed by atoms with Crippen LogP contribution in [0.2, 0.25) is 0 Å². The zero-order valence-corrected chi connectivity index (χ0v) is 9.98. The van der Waals surface area contributed by atoms with Crippen molar-refractivity contribution in [2.24, 2.45) is 5.73 Å². The van der Waals surface area contributed by atoms with Gasteiger partial charge in [-0.2, -0.15) is 0 Å². The summed E-state index contributed by atoms with van der Waals surface area (Å²) < 4.78 is 0. The van der Waals surface area contributed by atoms with Gasteiger partial charge in [-0.3, -0.25) is 4.98 Å². The maximum Gasteiger partial charge on any atom is 0.0589 e. The molecule has 0 atom stereocenters. The molecule has 0 saturated heterocycles. The topological polar surface area (TPSA) is 50.9 Å². The van der Waals surface area contributed by atoms with Gasteiger partial charge in [0.15, 0.2) is 0 Å². The molecule has 0 aliphatic rings. The van der Waals surface area contributed by atoms with E-state index in [1.807, 2.05) is 12.1 Å². The molecule has 0 radical (unpaired) electrons. The normalized spacial score (nSPS) is 10.2. The maximum atomic E-state index is 5.65. The molecular formula is C14H17N3. The van der Waals surface area contributed by atoms with Crippen molar-refractivity contribution in [1.29, 1.82) is 0 Å². The number of pyridine rings is 1. The van der Waals surface area contributed by atoms with Crippen LogP contribution in [0.5, 0.6) is 0 Å². The number of aryl methyl sites for hydroxylation is 1. The zero-order chi connectivity index (χ0) is 12.1. The summed E-state index contributed by atoms with van der Waals surface area (Å²) in [6, 6.07) is 12.3. The Labute approximate surface area is 102 Å². The maximum absolute atomic E-state index is 5.65. The summed E-state index contributed by atoms with van der Waals surface area (Å²) in [7, 11) is 0. The number of hydrogen-bond donors (Lipinski definition) is 2. The Hall–Kier alpha value is -1.87. The summed E-state index contributed by atoms with van der Waals surface area (Å²) >= 11 is 0. The first-order valence-corrected chi connectivity index (χ1v) is 5.73. The van der Waals surface area contributed by atoms with Gasteiger partial charge in [0.1, 0.15) is 0 Å². The van der Waals surface area contributed by atoms with Gasteiger partial charge in [-0.1, -0.05) is 18.2 Å². The van der Waals surface area contributed by atoms with Crippen molar-refractivity contribution in [3.63, 3.8) is 0 Å². The van der Waals surface area contributed by atoms with Gasteiger partial charge < -0.3 is 11.1 Å². The predicted molar refractivity (Wildman–Crippen MR) is 70.6 cm³/mol. The van der Waals surface area contributed by atoms with Crippen LogP contribution in [0, 0.1) is 6.92 Å². The largest absolute Gasteiger partial charge is 0.381 e. The molecule has 1 aromatic carbocycles. The highest BCUT2D eigenvalue weighted by molar-refractivity contribution is 5.46. The molecule has 1 aromatic heterocycles. The number of aromatic nitrogens is 1. The number of hydrogen-bond acceptors (Lipinski definition) is 3. The minimum Gasteiger partial charge on any atom is -0.381 e. The zero-order valence-electron chi connectivity index (χ0n) is 9.98. The Morgan fingerprint density at radius 1 is 1.24 bits per heavy atom. The van der Waals surface area contributed by atoms with Crippen molar-refractivity contribution in [1.82, 2.24) is 4.98 Å². The van der Waals surface area contributed by atoms with Crippen molar-refractivity contribution in [2.75, 3.05) is 5.32 Å². The molecule has 0 amide bonds. The van der Waals surface area contributed by atoms with Gasteiger partial charge in [-0.05, 0) is 36.2 Å². The fourth-order valence-corrected chi connectivity index (χ4v) is 1.77. The van der Waals surface area contributed by atoms with Crippen molar-refractivity contribution in [2.45, 2.75) is 20.0 Å². The standard InChI is InChI=1S/C14H17N3/c1-11-4-2-6-13(8-11)17-10-12-5-3-7-16-14(12)9-15/h2-8,17H,9-10,15H2,1H3. The summed E-state index contributed by atoms with van der Waals surface area (Å²) in [5, 5.41) is 3.38. The first-order valence-electron chi connectivity index (χ1n) is 5.73. The third kappa shape index (κ3) is 3.04. The highest BCUT2D eigenvalue weighted by Gasteiger charge is 2.01. The lowest BCUT2D eigenvalue weighted by molar-refractivity contribution is 0.939. The second-order valence-corrected chi connectivity index (χ2v) is 4.04. The Balaban J connectivity index is 2.07. The smallest absolute Gasteiger partial charge is 0.0589 e. The Morgan fingerprint density at radius 3 is 2.88 bits per heavy atom. The lowest BCUT2D eigenvalue weighted by Gasteiger charge is -2.09. The van der Waals surface area contributed by atoms with E-state index >= 15 is 0 Å². The van der Waals surface area contributed by atoms with Gasteiger partial charge in [0, 0.05) is 25.0 Å². The molecule has 88 valence electrons. The van der Waals surface area contributed by atoms with E-state index in [2.05, 4.69) is 41.5 Å². The van der Waals surface area contributed by atoms with Crippen LogP contribution in [-0.4, -0.2) is 4.98 Å². The molecule has 1 heterocycles. The van der Waals surface area contributed by atoms with E-state index in [0.717, 1.165) is 23.5 Å². The fraction of sp³-hybridized carbons (Fsp3) is 0.214. The van der Waals surface area contributed by atoms with Crippen LogP contribution in [0.1, 0.15) is 16.8 Å². The van der Waals surface area contributed by atoms with Gasteiger partial charge in [0.2, 0.25) is 0 Å². The van der Waals surface area contributed by atoms with Crippen LogP contribution in [0.25, 0.3) is 0 Å². The molecule has 3 N–H and O–H groups in total. The number of nitrogens with zero attached hydrogens (tertiary/aromatic N) is 1. The molecule has 0 unspecified atom stereocenters. The first kappa shape index (κ1) is 11.6. The fourth-order valence-electron chi connectivity index (χ4n) is 1.77. The highest BCUT2D eigenvalue weighted by Crippen LogP contribution is 2.12. The van der Waals surface area contributed by atoms with E-state index in [1.54, 1.807) is 6.20 Å². The van der Waals surface area contributed by atoms with Gasteiger partial charge in [-0.25, -0.2) is 0 Å². The highest BCUT2D eigenvalue weighted by atomic mass is 14.9. The Morgan fingerprint density at radius 2 is 2.12 bits per heavy atom. The summed E-state index contributed by atoms with van der Waals surface area (Å²) in [5.74, 6) is 0. The third-order valence-electron chi connectivity index (χ3n) is 2.68. The van der Waals surface area contributed by atoms with Crippen molar-refractivity contribution >= 4 is 5.69 Å². The molecule has 17 heavy (non-hydrogen) atoms. The lowest BCUT2D eigenvalue weighted by Crippen LogP contribution is -2.08. The molecule has 0 aliphatic carbocycles. The quantitative estimate of drug-likeness (QED) is 0.843. The van der Waals surface area contributed by atoms with Crippen LogP contribution in [0.15, 0.2) is 42.6 Å².